The van der Waals surface area contributed by atoms with Gasteiger partial charge < -0.3 is 15.3 Å². The maximum Gasteiger partial charge on any atom is 0.356 e. The molecule has 1 fully saturated rings. The number of hydrogen-bond acceptors (Lipinski definition) is 7. The molecule has 0 aromatic heterocycles. The van der Waals surface area contributed by atoms with Gasteiger partial charge in [0.15, 0.2) is 6.10 Å². The molecule has 10 heteroatoms. The van der Waals surface area contributed by atoms with Crippen LogP contribution in [0.4, 0.5) is 8.78 Å². The number of ether oxygens (including phenoxy) is 1. The second-order valence-electron chi connectivity index (χ2n) is 7.70. The molecule has 2 aliphatic rings. The van der Waals surface area contributed by atoms with Crippen molar-refractivity contribution in [2.45, 2.75) is 23.9 Å². The van der Waals surface area contributed by atoms with Crippen LogP contribution in [0.2, 0.25) is 0 Å². The second-order valence-corrected chi connectivity index (χ2v) is 8.81. The number of esters is 1. The van der Waals surface area contributed by atoms with Gasteiger partial charge in [-0.25, -0.2) is 13.6 Å². The minimum atomic E-state index is -2.71. The first-order valence-electron chi connectivity index (χ1n) is 10.8. The highest BCUT2D eigenvalue weighted by Gasteiger charge is 2.52. The highest BCUT2D eigenvalue weighted by Crippen LogP contribution is 2.41. The van der Waals surface area contributed by atoms with E-state index in [1.54, 1.807) is 6.08 Å². The summed E-state index contributed by atoms with van der Waals surface area (Å²) >= 11 is 1.43. The van der Waals surface area contributed by atoms with Crippen LogP contribution in [0.5, 0.6) is 0 Å². The Morgan fingerprint density at radius 3 is 2.37 bits per heavy atom. The zero-order chi connectivity index (χ0) is 24.8. The van der Waals surface area contributed by atoms with Crippen molar-refractivity contribution in [3.8, 4) is 0 Å². The highest BCUT2D eigenvalue weighted by atomic mass is 32.2. The lowest BCUT2D eigenvalue weighted by Gasteiger charge is -2.48. The normalized spacial score (nSPS) is 20.0. The molecule has 1 amide bonds. The van der Waals surface area contributed by atoms with Gasteiger partial charge in [-0.2, -0.15) is 0 Å². The number of fused-ring (bicyclic) bond motifs is 1. The first-order valence-corrected chi connectivity index (χ1v) is 11.9. The van der Waals surface area contributed by atoms with E-state index in [1.165, 1.54) is 22.7 Å². The number of halogens is 2. The first kappa shape index (κ1) is 24.6. The standard InChI is InChI=1S/C25H23F2N3O4S/c26-19(27)14-29-33-13-7-12-18-15-35-24-20(28)23(31)30(24)21(18)25(32)34-22(16-8-3-1-4-9-16)17-10-5-2-6-11-17/h1-12,14,19-20,22,24H,13,15,28H2/b12-7+,29-14?/t20-,24-/m1/s1. The van der Waals surface area contributed by atoms with E-state index in [1.807, 2.05) is 60.7 Å². The fourth-order valence-corrected chi connectivity index (χ4v) is 5.03. The van der Waals surface area contributed by atoms with Crippen LogP contribution < -0.4 is 5.73 Å². The van der Waals surface area contributed by atoms with Crippen LogP contribution in [-0.4, -0.2) is 53.2 Å². The Hall–Kier alpha value is -3.50. The van der Waals surface area contributed by atoms with Crippen molar-refractivity contribution in [2.24, 2.45) is 10.9 Å². The van der Waals surface area contributed by atoms with Crippen molar-refractivity contribution >= 4 is 29.9 Å². The Kier molecular flexibility index (Phi) is 7.94. The Labute approximate surface area is 205 Å². The van der Waals surface area contributed by atoms with Crippen LogP contribution in [0.25, 0.3) is 0 Å². The van der Waals surface area contributed by atoms with Crippen molar-refractivity contribution in [2.75, 3.05) is 12.4 Å². The molecule has 2 N–H and O–H groups in total. The van der Waals surface area contributed by atoms with Gasteiger partial charge in [-0.05, 0) is 22.8 Å². The van der Waals surface area contributed by atoms with Gasteiger partial charge in [0.25, 0.3) is 6.43 Å². The minimum Gasteiger partial charge on any atom is -0.448 e. The number of carbonyl (C=O) groups excluding carboxylic acids is 2. The van der Waals surface area contributed by atoms with Crippen molar-refractivity contribution in [3.05, 3.63) is 95.2 Å². The molecule has 0 aliphatic carbocycles. The van der Waals surface area contributed by atoms with Gasteiger partial charge in [0.05, 0.1) is 0 Å². The summed E-state index contributed by atoms with van der Waals surface area (Å²) in [7, 11) is 0. The number of nitrogens with zero attached hydrogens (tertiary/aromatic N) is 2. The van der Waals surface area contributed by atoms with Gasteiger partial charge in [0.1, 0.15) is 29.9 Å². The molecule has 35 heavy (non-hydrogen) atoms. The van der Waals surface area contributed by atoms with E-state index in [4.69, 9.17) is 15.3 Å². The summed E-state index contributed by atoms with van der Waals surface area (Å²) in [4.78, 5) is 32.2. The van der Waals surface area contributed by atoms with Crippen molar-refractivity contribution in [3.63, 3.8) is 0 Å². The lowest BCUT2D eigenvalue weighted by molar-refractivity contribution is -0.153. The summed E-state index contributed by atoms with van der Waals surface area (Å²) in [6, 6.07) is 17.9. The molecule has 0 radical (unpaired) electrons. The van der Waals surface area contributed by atoms with Gasteiger partial charge in [-0.1, -0.05) is 71.9 Å². The molecule has 1 saturated heterocycles. The second kappa shape index (κ2) is 11.3. The number of carbonyl (C=O) groups is 2. The predicted molar refractivity (Wildman–Crippen MR) is 129 cm³/mol. The van der Waals surface area contributed by atoms with Crippen molar-refractivity contribution < 1.29 is 27.9 Å². The molecule has 0 bridgehead atoms. The van der Waals surface area contributed by atoms with Gasteiger partial charge >= 0.3 is 5.97 Å². The SMILES string of the molecule is N[C@@H]1C(=O)N2C(C(=O)OC(c3ccccc3)c3ccccc3)=C(/C=C/CON=CC(F)F)CS[C@H]12. The largest absolute Gasteiger partial charge is 0.448 e. The molecule has 2 atom stereocenters. The van der Waals surface area contributed by atoms with Gasteiger partial charge in [-0.15, -0.1) is 11.8 Å². The molecule has 182 valence electrons. The maximum absolute atomic E-state index is 13.5. The molecule has 0 unspecified atom stereocenters. The number of hydrogen-bond donors (Lipinski definition) is 1. The summed E-state index contributed by atoms with van der Waals surface area (Å²) < 4.78 is 30.2. The Bertz CT molecular complexity index is 1100. The number of rotatable bonds is 9. The number of nitrogens with two attached hydrogens (primary N) is 1. The van der Waals surface area contributed by atoms with Gasteiger partial charge in [-0.3, -0.25) is 9.69 Å². The molecule has 2 heterocycles. The zero-order valence-corrected chi connectivity index (χ0v) is 19.3. The number of allylic oxidation sites excluding steroid dienone is 1. The van der Waals surface area contributed by atoms with Crippen LogP contribution in [0.3, 0.4) is 0 Å². The molecule has 2 aromatic carbocycles. The number of β-lactam (4-membered cyclic amide) rings is 1. The molecular weight excluding hydrogens is 476 g/mol. The van der Waals surface area contributed by atoms with E-state index in [9.17, 15) is 18.4 Å². The summed E-state index contributed by atoms with van der Waals surface area (Å²) in [6.07, 6.45) is 0.119. The van der Waals surface area contributed by atoms with Crippen LogP contribution in [0.15, 0.2) is 89.2 Å². The lowest BCUT2D eigenvalue weighted by atomic mass is 10.0. The maximum atomic E-state index is 13.5. The van der Waals surface area contributed by atoms with Crippen LogP contribution >= 0.6 is 11.8 Å². The summed E-state index contributed by atoms with van der Waals surface area (Å²) in [5.41, 5.74) is 8.16. The van der Waals surface area contributed by atoms with Gasteiger partial charge in [0.2, 0.25) is 5.91 Å². The fourth-order valence-electron chi connectivity index (χ4n) is 3.77. The quantitative estimate of drug-likeness (QED) is 0.186. The number of amides is 1. The first-order chi connectivity index (χ1) is 17.0. The lowest BCUT2D eigenvalue weighted by Crippen LogP contribution is -2.68. The third kappa shape index (κ3) is 5.60. The molecule has 2 aliphatic heterocycles. The smallest absolute Gasteiger partial charge is 0.356 e. The molecule has 0 saturated carbocycles. The third-order valence-electron chi connectivity index (χ3n) is 5.40. The number of thioether (sulfide) groups is 1. The van der Waals surface area contributed by atoms with E-state index in [0.29, 0.717) is 17.5 Å². The van der Waals surface area contributed by atoms with Crippen LogP contribution in [0, 0.1) is 0 Å². The average molecular weight is 500 g/mol. The Morgan fingerprint density at radius 1 is 1.14 bits per heavy atom. The topological polar surface area (TPSA) is 94.2 Å². The van der Waals surface area contributed by atoms with E-state index >= 15 is 0 Å². The Morgan fingerprint density at radius 2 is 1.77 bits per heavy atom. The van der Waals surface area contributed by atoms with E-state index in [2.05, 4.69) is 5.16 Å². The number of benzene rings is 2. The van der Waals surface area contributed by atoms with Crippen molar-refractivity contribution in [1.82, 2.24) is 4.90 Å². The monoisotopic (exact) mass is 499 g/mol. The fraction of sp³-hybridized carbons (Fsp3) is 0.240. The summed E-state index contributed by atoms with van der Waals surface area (Å²) in [5.74, 6) is -0.622. The van der Waals surface area contributed by atoms with Crippen molar-refractivity contribution in [1.29, 1.82) is 0 Å². The summed E-state index contributed by atoms with van der Waals surface area (Å²) in [6.45, 7) is -0.0900. The molecular formula is C25H23F2N3O4S. The van der Waals surface area contributed by atoms with Crippen LogP contribution in [-0.2, 0) is 19.2 Å². The molecule has 2 aromatic rings. The number of oxime groups is 1. The highest BCUT2D eigenvalue weighted by molar-refractivity contribution is 8.00. The molecule has 0 spiro atoms. The van der Waals surface area contributed by atoms with E-state index in [0.717, 1.165) is 11.1 Å². The predicted octanol–water partition coefficient (Wildman–Crippen LogP) is 3.64. The van der Waals surface area contributed by atoms with Crippen LogP contribution in [0.1, 0.15) is 17.2 Å². The van der Waals surface area contributed by atoms with E-state index in [-0.39, 0.29) is 23.6 Å². The zero-order valence-electron chi connectivity index (χ0n) is 18.5. The third-order valence-corrected chi connectivity index (χ3v) is 6.72. The Balaban J connectivity index is 1.61. The minimum absolute atomic E-state index is 0.0900. The van der Waals surface area contributed by atoms with E-state index < -0.39 is 24.5 Å². The number of alkyl halides is 2. The van der Waals surface area contributed by atoms with Gasteiger partial charge in [0, 0.05) is 5.75 Å². The average Bonchev–Trinajstić information content (AvgIpc) is 2.89. The molecule has 7 nitrogen and oxygen atoms in total. The molecule has 4 rings (SSSR count). The summed E-state index contributed by atoms with van der Waals surface area (Å²) in [5, 5.41) is 2.79.